The van der Waals surface area contributed by atoms with Gasteiger partial charge in [0.2, 0.25) is 0 Å². The highest BCUT2D eigenvalue weighted by Crippen LogP contribution is 2.34. The number of nitrogens with one attached hydrogen (secondary N) is 2. The van der Waals surface area contributed by atoms with Crippen molar-refractivity contribution < 1.29 is 14.3 Å². The number of benzene rings is 2. The van der Waals surface area contributed by atoms with Crippen LogP contribution in [0.15, 0.2) is 41.3 Å². The minimum atomic E-state index is -0.252. The van der Waals surface area contributed by atoms with Crippen LogP contribution in [0.5, 0.6) is 11.5 Å². The van der Waals surface area contributed by atoms with E-state index < -0.39 is 0 Å². The highest BCUT2D eigenvalue weighted by Gasteiger charge is 2.27. The largest absolute Gasteiger partial charge is 0.497 e. The summed E-state index contributed by atoms with van der Waals surface area (Å²) in [5, 5.41) is 6.91. The van der Waals surface area contributed by atoms with Gasteiger partial charge in [-0.2, -0.15) is 0 Å². The fraction of sp³-hybridized carbons (Fsp3) is 0.211. The number of rotatable bonds is 5. The molecule has 0 aliphatic carbocycles. The van der Waals surface area contributed by atoms with Crippen molar-refractivity contribution in [3.05, 3.63) is 57.5 Å². The number of ether oxygens (including phenoxy) is 2. The molecule has 1 aliphatic heterocycles. The molecule has 0 bridgehead atoms. The average molecular weight is 391 g/mol. The van der Waals surface area contributed by atoms with Crippen LogP contribution < -0.4 is 20.1 Å². The number of hydrogen-bond donors (Lipinski definition) is 2. The van der Waals surface area contributed by atoms with Crippen LogP contribution in [-0.4, -0.2) is 25.6 Å². The van der Waals surface area contributed by atoms with Gasteiger partial charge < -0.3 is 20.1 Å². The zero-order valence-electron chi connectivity index (χ0n) is 14.6. The Balaban J connectivity index is 1.78. The summed E-state index contributed by atoms with van der Waals surface area (Å²) in [7, 11) is 3.19. The third-order valence-electron chi connectivity index (χ3n) is 3.93. The Morgan fingerprint density at radius 1 is 1.19 bits per heavy atom. The van der Waals surface area contributed by atoms with E-state index in [4.69, 9.17) is 21.1 Å². The third-order valence-corrected chi connectivity index (χ3v) is 5.20. The summed E-state index contributed by atoms with van der Waals surface area (Å²) in [4.78, 5) is 12.9. The van der Waals surface area contributed by atoms with Gasteiger partial charge in [-0.15, -0.1) is 0 Å². The van der Waals surface area contributed by atoms with Gasteiger partial charge >= 0.3 is 0 Å². The summed E-state index contributed by atoms with van der Waals surface area (Å²) in [5.41, 5.74) is 2.50. The molecule has 2 N–H and O–H groups in total. The molecule has 5 nitrogen and oxygen atoms in total. The van der Waals surface area contributed by atoms with E-state index in [0.717, 1.165) is 16.8 Å². The van der Waals surface area contributed by atoms with E-state index in [9.17, 15) is 4.79 Å². The summed E-state index contributed by atoms with van der Waals surface area (Å²) < 4.78 is 10.6. The maximum atomic E-state index is 12.3. The number of carbonyl (C=O) groups excluding carboxylic acids is 1. The second kappa shape index (κ2) is 7.93. The van der Waals surface area contributed by atoms with Gasteiger partial charge in [0, 0.05) is 22.3 Å². The molecule has 3 rings (SSSR count). The van der Waals surface area contributed by atoms with Gasteiger partial charge in [-0.3, -0.25) is 4.79 Å². The van der Waals surface area contributed by atoms with Crippen LogP contribution in [0.25, 0.3) is 6.08 Å². The zero-order valence-corrected chi connectivity index (χ0v) is 16.2. The van der Waals surface area contributed by atoms with Gasteiger partial charge in [0.15, 0.2) is 5.50 Å². The minimum Gasteiger partial charge on any atom is -0.497 e. The lowest BCUT2D eigenvalue weighted by Crippen LogP contribution is -2.31. The van der Waals surface area contributed by atoms with Crippen molar-refractivity contribution in [1.82, 2.24) is 5.32 Å². The Bertz CT molecular complexity index is 870. The Morgan fingerprint density at radius 3 is 2.69 bits per heavy atom. The Hall–Kier alpha value is -2.31. The van der Waals surface area contributed by atoms with E-state index in [0.29, 0.717) is 21.4 Å². The van der Waals surface area contributed by atoms with Crippen LogP contribution in [-0.2, 0) is 4.79 Å². The van der Waals surface area contributed by atoms with Crippen molar-refractivity contribution in [2.45, 2.75) is 12.4 Å². The summed E-state index contributed by atoms with van der Waals surface area (Å²) in [6.45, 7) is 1.97. The Labute approximate surface area is 161 Å². The Kier molecular flexibility index (Phi) is 5.64. The lowest BCUT2D eigenvalue weighted by atomic mass is 10.1. The molecule has 1 amide bonds. The number of thioether (sulfide) groups is 1. The lowest BCUT2D eigenvalue weighted by molar-refractivity contribution is -0.116. The molecule has 2 aromatic carbocycles. The van der Waals surface area contributed by atoms with Crippen LogP contribution in [0.3, 0.4) is 0 Å². The zero-order chi connectivity index (χ0) is 18.7. The fourth-order valence-corrected chi connectivity index (χ4v) is 3.77. The van der Waals surface area contributed by atoms with Gasteiger partial charge in [0.05, 0.1) is 19.1 Å². The molecule has 1 fully saturated rings. The molecule has 0 radical (unpaired) electrons. The topological polar surface area (TPSA) is 59.6 Å². The fourth-order valence-electron chi connectivity index (χ4n) is 2.57. The van der Waals surface area contributed by atoms with Crippen molar-refractivity contribution >= 4 is 41.0 Å². The molecule has 2 aromatic rings. The van der Waals surface area contributed by atoms with E-state index in [1.54, 1.807) is 20.3 Å². The standard InChI is InChI=1S/C19H19ClN2O3S/c1-11-8-13(20)5-7-15(11)21-19-22-18(23)17(26-19)9-12-4-6-14(24-2)10-16(12)25-3/h4-10,19,21H,1-3H3,(H,22,23)/b17-9-. The van der Waals surface area contributed by atoms with Gasteiger partial charge in [-0.25, -0.2) is 0 Å². The quantitative estimate of drug-likeness (QED) is 0.747. The van der Waals surface area contributed by atoms with Crippen molar-refractivity contribution in [1.29, 1.82) is 0 Å². The molecule has 1 saturated heterocycles. The number of amides is 1. The Morgan fingerprint density at radius 2 is 2.00 bits per heavy atom. The number of anilines is 1. The lowest BCUT2D eigenvalue weighted by Gasteiger charge is -2.15. The SMILES string of the molecule is COc1ccc(/C=C2\SC(Nc3ccc(Cl)cc3C)NC2=O)c(OC)c1. The summed E-state index contributed by atoms with van der Waals surface area (Å²) in [5.74, 6) is 1.22. The molecule has 0 spiro atoms. The predicted octanol–water partition coefficient (Wildman–Crippen LogP) is 4.27. The average Bonchev–Trinajstić information content (AvgIpc) is 2.97. The van der Waals surface area contributed by atoms with E-state index >= 15 is 0 Å². The molecule has 1 aliphatic rings. The van der Waals surface area contributed by atoms with Crippen LogP contribution in [0.1, 0.15) is 11.1 Å². The van der Waals surface area contributed by atoms with Crippen molar-refractivity contribution in [3.63, 3.8) is 0 Å². The first-order valence-corrected chi connectivity index (χ1v) is 9.20. The number of methoxy groups -OCH3 is 2. The molecule has 26 heavy (non-hydrogen) atoms. The monoisotopic (exact) mass is 390 g/mol. The maximum absolute atomic E-state index is 12.3. The molecule has 0 aromatic heterocycles. The van der Waals surface area contributed by atoms with E-state index in [1.165, 1.54) is 11.8 Å². The van der Waals surface area contributed by atoms with Crippen LogP contribution >= 0.6 is 23.4 Å². The highest BCUT2D eigenvalue weighted by atomic mass is 35.5. The smallest absolute Gasteiger partial charge is 0.260 e. The predicted molar refractivity (Wildman–Crippen MR) is 107 cm³/mol. The molecule has 1 unspecified atom stereocenters. The second-order valence-corrected chi connectivity index (χ2v) is 7.27. The molecule has 1 atom stereocenters. The van der Waals surface area contributed by atoms with E-state index in [1.807, 2.05) is 43.3 Å². The van der Waals surface area contributed by atoms with E-state index in [2.05, 4.69) is 10.6 Å². The van der Waals surface area contributed by atoms with Crippen LogP contribution in [0.4, 0.5) is 5.69 Å². The maximum Gasteiger partial charge on any atom is 0.260 e. The van der Waals surface area contributed by atoms with Gasteiger partial charge in [0.1, 0.15) is 11.5 Å². The van der Waals surface area contributed by atoms with E-state index in [-0.39, 0.29) is 11.4 Å². The second-order valence-electron chi connectivity index (χ2n) is 5.69. The number of halogens is 1. The van der Waals surface area contributed by atoms with Crippen LogP contribution in [0, 0.1) is 6.92 Å². The third kappa shape index (κ3) is 4.08. The molecular weight excluding hydrogens is 372 g/mol. The molecule has 136 valence electrons. The molecule has 1 heterocycles. The number of carbonyl (C=O) groups is 1. The van der Waals surface area contributed by atoms with Crippen molar-refractivity contribution in [3.8, 4) is 11.5 Å². The van der Waals surface area contributed by atoms with Crippen molar-refractivity contribution in [2.75, 3.05) is 19.5 Å². The van der Waals surface area contributed by atoms with Crippen LogP contribution in [0.2, 0.25) is 5.02 Å². The normalized spacial score (nSPS) is 17.9. The van der Waals surface area contributed by atoms with Gasteiger partial charge in [0.25, 0.3) is 5.91 Å². The first-order valence-electron chi connectivity index (χ1n) is 7.94. The number of hydrogen-bond acceptors (Lipinski definition) is 5. The van der Waals surface area contributed by atoms with Crippen molar-refractivity contribution in [2.24, 2.45) is 0 Å². The first-order chi connectivity index (χ1) is 12.5. The first kappa shape index (κ1) is 18.5. The number of aryl methyl sites for hydroxylation is 1. The summed E-state index contributed by atoms with van der Waals surface area (Å²) in [6, 6.07) is 11.1. The molecular formula is C19H19ClN2O3S. The minimum absolute atomic E-state index is 0.128. The molecule has 7 heteroatoms. The van der Waals surface area contributed by atoms with Gasteiger partial charge in [-0.05, 0) is 48.9 Å². The summed E-state index contributed by atoms with van der Waals surface area (Å²) in [6.07, 6.45) is 1.81. The summed E-state index contributed by atoms with van der Waals surface area (Å²) >= 11 is 7.41. The van der Waals surface area contributed by atoms with Gasteiger partial charge in [-0.1, -0.05) is 23.4 Å². The highest BCUT2D eigenvalue weighted by molar-refractivity contribution is 8.05. The molecule has 0 saturated carbocycles.